The first-order valence-electron chi connectivity index (χ1n) is 11.7. The van der Waals surface area contributed by atoms with Crippen LogP contribution in [0.2, 0.25) is 10.0 Å². The molecule has 0 N–H and O–H groups in total. The zero-order chi connectivity index (χ0) is 27.4. The number of rotatable bonds is 10. The van der Waals surface area contributed by atoms with Crippen LogP contribution in [0.4, 0.5) is 0 Å². The van der Waals surface area contributed by atoms with E-state index in [1.165, 1.54) is 24.4 Å². The predicted molar refractivity (Wildman–Crippen MR) is 150 cm³/mol. The zero-order valence-corrected chi connectivity index (χ0v) is 23.6. The molecule has 0 radical (unpaired) electrons. The highest BCUT2D eigenvalue weighted by Crippen LogP contribution is 2.40. The molecule has 3 aromatic carbocycles. The highest BCUT2D eigenvalue weighted by molar-refractivity contribution is 7.99. The van der Waals surface area contributed by atoms with Crippen LogP contribution >= 0.6 is 35.0 Å². The molecule has 0 aliphatic heterocycles. The van der Waals surface area contributed by atoms with Crippen molar-refractivity contribution in [3.63, 3.8) is 0 Å². The number of thioether (sulfide) groups is 1. The summed E-state index contributed by atoms with van der Waals surface area (Å²) in [6, 6.07) is 16.6. The van der Waals surface area contributed by atoms with Gasteiger partial charge in [-0.2, -0.15) is 0 Å². The van der Waals surface area contributed by atoms with E-state index in [1.54, 1.807) is 36.4 Å². The molecular weight excluding hydrogens is 547 g/mol. The monoisotopic (exact) mass is 572 g/mol. The van der Waals surface area contributed by atoms with Crippen LogP contribution in [0.5, 0.6) is 11.5 Å². The molecule has 0 amide bonds. The minimum Gasteiger partial charge on any atom is -0.493 e. The highest BCUT2D eigenvalue weighted by atomic mass is 35.5. The molecule has 4 rings (SSSR count). The van der Waals surface area contributed by atoms with Gasteiger partial charge in [0.15, 0.2) is 16.7 Å². The van der Waals surface area contributed by atoms with Crippen LogP contribution in [0.3, 0.4) is 0 Å². The second kappa shape index (κ2) is 12.1. The Kier molecular flexibility index (Phi) is 8.81. The summed E-state index contributed by atoms with van der Waals surface area (Å²) in [6.45, 7) is 5.84. The van der Waals surface area contributed by atoms with Crippen LogP contribution in [0.15, 0.2) is 59.8 Å². The molecule has 0 aliphatic rings. The van der Waals surface area contributed by atoms with Crippen molar-refractivity contribution < 1.29 is 14.4 Å². The van der Waals surface area contributed by atoms with E-state index in [1.807, 2.05) is 37.5 Å². The Labute approximate surface area is 235 Å². The standard InChI is InChI=1S/C27H26Cl2N4O4S/c1-16-5-9-22(11-17(16)2)33-18(3)30-31-27(33)38-26(14-32(34)35)19-7-10-24(25(12-19)36-4)37-15-20-6-8-21(28)13-23(20)29/h5-13,26H,14-15H2,1-4H3/t26-/m0/s1. The van der Waals surface area contributed by atoms with Crippen molar-refractivity contribution in [2.45, 2.75) is 37.8 Å². The maximum atomic E-state index is 11.6. The summed E-state index contributed by atoms with van der Waals surface area (Å²) in [5.74, 6) is 1.63. The third kappa shape index (κ3) is 6.40. The Morgan fingerprint density at radius 1 is 1.00 bits per heavy atom. The molecule has 0 unspecified atom stereocenters. The van der Waals surface area contributed by atoms with E-state index in [2.05, 4.69) is 16.3 Å². The molecule has 0 saturated carbocycles. The molecule has 0 aliphatic carbocycles. The fourth-order valence-electron chi connectivity index (χ4n) is 3.85. The second-order valence-corrected chi connectivity index (χ2v) is 10.7. The lowest BCUT2D eigenvalue weighted by molar-refractivity contribution is -0.479. The van der Waals surface area contributed by atoms with Crippen molar-refractivity contribution >= 4 is 35.0 Å². The summed E-state index contributed by atoms with van der Waals surface area (Å²) in [6.07, 6.45) is 0. The maximum Gasteiger partial charge on any atom is 0.220 e. The van der Waals surface area contributed by atoms with Gasteiger partial charge in [0.05, 0.1) is 7.11 Å². The smallest absolute Gasteiger partial charge is 0.220 e. The number of halogens is 2. The van der Waals surface area contributed by atoms with Crippen LogP contribution < -0.4 is 9.47 Å². The molecule has 0 spiro atoms. The Morgan fingerprint density at radius 3 is 2.47 bits per heavy atom. The predicted octanol–water partition coefficient (Wildman–Crippen LogP) is 7.20. The van der Waals surface area contributed by atoms with Gasteiger partial charge in [0.1, 0.15) is 17.7 Å². The number of nitro groups is 1. The summed E-state index contributed by atoms with van der Waals surface area (Å²) in [7, 11) is 1.52. The summed E-state index contributed by atoms with van der Waals surface area (Å²) >= 11 is 13.5. The molecule has 4 aromatic rings. The van der Waals surface area contributed by atoms with Gasteiger partial charge in [0.2, 0.25) is 6.54 Å². The van der Waals surface area contributed by atoms with E-state index < -0.39 is 5.25 Å². The van der Waals surface area contributed by atoms with Gasteiger partial charge < -0.3 is 9.47 Å². The van der Waals surface area contributed by atoms with Crippen LogP contribution in [-0.2, 0) is 6.61 Å². The fraction of sp³-hybridized carbons (Fsp3) is 0.259. The Morgan fingerprint density at radius 2 is 1.79 bits per heavy atom. The number of methoxy groups -OCH3 is 1. The molecule has 0 saturated heterocycles. The Balaban J connectivity index is 1.61. The third-order valence-electron chi connectivity index (χ3n) is 6.06. The van der Waals surface area contributed by atoms with E-state index >= 15 is 0 Å². The Bertz CT molecular complexity index is 1480. The number of hydrogen-bond acceptors (Lipinski definition) is 7. The molecule has 38 heavy (non-hydrogen) atoms. The van der Waals surface area contributed by atoms with Gasteiger partial charge in [-0.1, -0.05) is 53.2 Å². The van der Waals surface area contributed by atoms with Gasteiger partial charge in [-0.05, 0) is 73.9 Å². The van der Waals surface area contributed by atoms with E-state index in [0.29, 0.717) is 38.1 Å². The molecule has 11 heteroatoms. The third-order valence-corrected chi connectivity index (χ3v) is 7.83. The normalized spacial score (nSPS) is 11.8. The van der Waals surface area contributed by atoms with Crippen LogP contribution in [0, 0.1) is 30.9 Å². The maximum absolute atomic E-state index is 11.6. The number of ether oxygens (including phenoxy) is 2. The molecule has 1 heterocycles. The molecular formula is C27H26Cl2N4O4S. The number of hydrogen-bond donors (Lipinski definition) is 0. The van der Waals surface area contributed by atoms with Gasteiger partial charge in [-0.25, -0.2) is 0 Å². The zero-order valence-electron chi connectivity index (χ0n) is 21.3. The molecule has 0 bridgehead atoms. The van der Waals surface area contributed by atoms with Crippen molar-refractivity contribution in [3.8, 4) is 17.2 Å². The summed E-state index contributed by atoms with van der Waals surface area (Å²) in [5, 5.41) is 21.3. The lowest BCUT2D eigenvalue weighted by Crippen LogP contribution is -2.11. The van der Waals surface area contributed by atoms with E-state index in [-0.39, 0.29) is 18.1 Å². The second-order valence-electron chi connectivity index (χ2n) is 8.69. The molecule has 198 valence electrons. The van der Waals surface area contributed by atoms with Crippen molar-refractivity contribution in [1.29, 1.82) is 0 Å². The van der Waals surface area contributed by atoms with E-state index in [4.69, 9.17) is 32.7 Å². The summed E-state index contributed by atoms with van der Waals surface area (Å²) in [5.41, 5.74) is 4.68. The first-order valence-corrected chi connectivity index (χ1v) is 13.3. The van der Waals surface area contributed by atoms with Gasteiger partial charge in [-0.3, -0.25) is 14.7 Å². The fourth-order valence-corrected chi connectivity index (χ4v) is 5.48. The quantitative estimate of drug-likeness (QED) is 0.113. The molecule has 1 aromatic heterocycles. The van der Waals surface area contributed by atoms with Crippen LogP contribution in [0.25, 0.3) is 5.69 Å². The van der Waals surface area contributed by atoms with Gasteiger partial charge in [0.25, 0.3) is 0 Å². The topological polar surface area (TPSA) is 92.3 Å². The van der Waals surface area contributed by atoms with Gasteiger partial charge in [-0.15, -0.1) is 10.2 Å². The summed E-state index contributed by atoms with van der Waals surface area (Å²) < 4.78 is 13.4. The van der Waals surface area contributed by atoms with Gasteiger partial charge in [0, 0.05) is 26.2 Å². The first kappa shape index (κ1) is 27.8. The first-order chi connectivity index (χ1) is 18.2. The number of aromatic nitrogens is 3. The number of nitrogens with zero attached hydrogens (tertiary/aromatic N) is 4. The minimum absolute atomic E-state index is 0.205. The SMILES string of the molecule is COc1cc([C@H](C[N+](=O)[O-])Sc2nnc(C)n2-c2ccc(C)c(C)c2)ccc1OCc1ccc(Cl)cc1Cl. The largest absolute Gasteiger partial charge is 0.493 e. The van der Waals surface area contributed by atoms with Crippen molar-refractivity contribution in [2.75, 3.05) is 13.7 Å². The number of aryl methyl sites for hydroxylation is 3. The van der Waals surface area contributed by atoms with Gasteiger partial charge >= 0.3 is 0 Å². The molecule has 1 atom stereocenters. The molecule has 0 fully saturated rings. The van der Waals surface area contributed by atoms with Crippen molar-refractivity contribution in [3.05, 3.63) is 103 Å². The average Bonchev–Trinajstić information content (AvgIpc) is 3.24. The lowest BCUT2D eigenvalue weighted by atomic mass is 10.1. The lowest BCUT2D eigenvalue weighted by Gasteiger charge is -2.17. The molecule has 8 nitrogen and oxygen atoms in total. The Hall–Kier alpha value is -3.27. The van der Waals surface area contributed by atoms with Crippen molar-refractivity contribution in [2.24, 2.45) is 0 Å². The van der Waals surface area contributed by atoms with E-state index in [0.717, 1.165) is 16.8 Å². The number of benzene rings is 3. The average molecular weight is 574 g/mol. The van der Waals surface area contributed by atoms with E-state index in [9.17, 15) is 10.1 Å². The van der Waals surface area contributed by atoms with Crippen molar-refractivity contribution in [1.82, 2.24) is 14.8 Å². The minimum atomic E-state index is -0.549. The highest BCUT2D eigenvalue weighted by Gasteiger charge is 2.25. The van der Waals surface area contributed by atoms with Crippen LogP contribution in [0.1, 0.15) is 33.3 Å². The van der Waals surface area contributed by atoms with Crippen LogP contribution in [-0.4, -0.2) is 33.3 Å². The summed E-state index contributed by atoms with van der Waals surface area (Å²) in [4.78, 5) is 11.3.